The number of hydrogen-bond acceptors (Lipinski definition) is 5. The average Bonchev–Trinajstić information content (AvgIpc) is 2.87. The van der Waals surface area contributed by atoms with E-state index in [1.165, 1.54) is 11.0 Å². The van der Waals surface area contributed by atoms with Crippen LogP contribution in [0.25, 0.3) is 0 Å². The number of hydrogen-bond donors (Lipinski definition) is 2. The SMILES string of the molecule is COC1CCCC1NC(=O)Cn1cnc(N)n1. The number of nitrogens with one attached hydrogen (secondary N) is 1. The number of methoxy groups -OCH3 is 1. The van der Waals surface area contributed by atoms with Gasteiger partial charge in [-0.3, -0.25) is 4.79 Å². The van der Waals surface area contributed by atoms with Crippen molar-refractivity contribution < 1.29 is 9.53 Å². The number of carbonyl (C=O) groups is 1. The van der Waals surface area contributed by atoms with Crippen LogP contribution in [0.2, 0.25) is 0 Å². The van der Waals surface area contributed by atoms with E-state index >= 15 is 0 Å². The van der Waals surface area contributed by atoms with Crippen molar-refractivity contribution in [2.24, 2.45) is 0 Å². The highest BCUT2D eigenvalue weighted by Crippen LogP contribution is 2.21. The van der Waals surface area contributed by atoms with Crippen molar-refractivity contribution in [1.29, 1.82) is 0 Å². The number of rotatable bonds is 4. The van der Waals surface area contributed by atoms with Gasteiger partial charge in [0.05, 0.1) is 12.1 Å². The van der Waals surface area contributed by atoms with Gasteiger partial charge in [0.15, 0.2) is 0 Å². The molecule has 0 aromatic carbocycles. The maximum absolute atomic E-state index is 11.7. The first kappa shape index (κ1) is 11.8. The van der Waals surface area contributed by atoms with Gasteiger partial charge < -0.3 is 15.8 Å². The standard InChI is InChI=1S/C10H17N5O2/c1-17-8-4-2-3-7(8)13-9(16)5-15-6-12-10(11)14-15/h6-8H,2-5H2,1H3,(H2,11,14)(H,13,16). The number of carbonyl (C=O) groups excluding carboxylic acids is 1. The first-order chi connectivity index (χ1) is 8.19. The van der Waals surface area contributed by atoms with Crippen molar-refractivity contribution in [3.8, 4) is 0 Å². The maximum atomic E-state index is 11.7. The summed E-state index contributed by atoms with van der Waals surface area (Å²) in [6, 6.07) is 0.105. The molecule has 0 radical (unpaired) electrons. The van der Waals surface area contributed by atoms with E-state index in [2.05, 4.69) is 15.4 Å². The molecule has 1 fully saturated rings. The van der Waals surface area contributed by atoms with Crippen LogP contribution in [-0.2, 0) is 16.1 Å². The highest BCUT2D eigenvalue weighted by atomic mass is 16.5. The first-order valence-electron chi connectivity index (χ1n) is 5.66. The quantitative estimate of drug-likeness (QED) is 0.741. The topological polar surface area (TPSA) is 95.1 Å². The molecule has 17 heavy (non-hydrogen) atoms. The molecule has 0 saturated heterocycles. The monoisotopic (exact) mass is 239 g/mol. The predicted molar refractivity (Wildman–Crippen MR) is 61.0 cm³/mol. The van der Waals surface area contributed by atoms with Gasteiger partial charge in [-0.1, -0.05) is 0 Å². The molecule has 2 rings (SSSR count). The van der Waals surface area contributed by atoms with Gasteiger partial charge in [-0.2, -0.15) is 0 Å². The van der Waals surface area contributed by atoms with Gasteiger partial charge in [-0.15, -0.1) is 5.10 Å². The Morgan fingerprint density at radius 1 is 1.71 bits per heavy atom. The van der Waals surface area contributed by atoms with E-state index < -0.39 is 0 Å². The second-order valence-corrected chi connectivity index (χ2v) is 4.18. The number of amides is 1. The summed E-state index contributed by atoms with van der Waals surface area (Å²) in [6.07, 6.45) is 4.61. The van der Waals surface area contributed by atoms with E-state index in [-0.39, 0.29) is 30.5 Å². The highest BCUT2D eigenvalue weighted by molar-refractivity contribution is 5.76. The zero-order chi connectivity index (χ0) is 12.3. The lowest BCUT2D eigenvalue weighted by molar-refractivity contribution is -0.123. The number of nitrogen functional groups attached to an aromatic ring is 1. The summed E-state index contributed by atoms with van der Waals surface area (Å²) in [7, 11) is 1.67. The minimum atomic E-state index is -0.0937. The Hall–Kier alpha value is -1.63. The van der Waals surface area contributed by atoms with E-state index in [1.54, 1.807) is 7.11 Å². The normalized spacial score (nSPS) is 23.8. The largest absolute Gasteiger partial charge is 0.379 e. The van der Waals surface area contributed by atoms with Gasteiger partial charge in [-0.25, -0.2) is 9.67 Å². The molecule has 0 aliphatic heterocycles. The van der Waals surface area contributed by atoms with Crippen molar-refractivity contribution in [2.75, 3.05) is 12.8 Å². The predicted octanol–water partition coefficient (Wildman–Crippen LogP) is -0.456. The number of ether oxygens (including phenoxy) is 1. The number of anilines is 1. The minimum absolute atomic E-state index is 0.0937. The third-order valence-electron chi connectivity index (χ3n) is 2.96. The molecular weight excluding hydrogens is 222 g/mol. The molecule has 1 aromatic heterocycles. The fourth-order valence-corrected chi connectivity index (χ4v) is 2.16. The molecular formula is C10H17N5O2. The van der Waals surface area contributed by atoms with Crippen molar-refractivity contribution in [3.05, 3.63) is 6.33 Å². The van der Waals surface area contributed by atoms with Gasteiger partial charge in [0.2, 0.25) is 11.9 Å². The first-order valence-corrected chi connectivity index (χ1v) is 5.66. The van der Waals surface area contributed by atoms with Crippen LogP contribution < -0.4 is 11.1 Å². The molecule has 94 valence electrons. The minimum Gasteiger partial charge on any atom is -0.379 e. The van der Waals surface area contributed by atoms with Crippen LogP contribution in [0.5, 0.6) is 0 Å². The fourth-order valence-electron chi connectivity index (χ4n) is 2.16. The molecule has 1 heterocycles. The van der Waals surface area contributed by atoms with Crippen LogP contribution in [0.1, 0.15) is 19.3 Å². The molecule has 0 bridgehead atoms. The molecule has 7 heteroatoms. The van der Waals surface area contributed by atoms with Crippen molar-refractivity contribution >= 4 is 11.9 Å². The van der Waals surface area contributed by atoms with Crippen LogP contribution in [0.15, 0.2) is 6.33 Å². The van der Waals surface area contributed by atoms with Crippen LogP contribution in [0, 0.1) is 0 Å². The van der Waals surface area contributed by atoms with Crippen molar-refractivity contribution in [2.45, 2.75) is 38.0 Å². The number of aromatic nitrogens is 3. The Balaban J connectivity index is 1.85. The smallest absolute Gasteiger partial charge is 0.242 e. The Bertz CT molecular complexity index is 392. The van der Waals surface area contributed by atoms with Crippen molar-refractivity contribution in [1.82, 2.24) is 20.1 Å². The summed E-state index contributed by atoms with van der Waals surface area (Å²) in [5, 5.41) is 6.80. The van der Waals surface area contributed by atoms with Gasteiger partial charge in [0.25, 0.3) is 0 Å². The Kier molecular flexibility index (Phi) is 3.58. The third kappa shape index (κ3) is 2.94. The molecule has 1 saturated carbocycles. The van der Waals surface area contributed by atoms with E-state index in [0.717, 1.165) is 19.3 Å². The summed E-state index contributed by atoms with van der Waals surface area (Å²) in [4.78, 5) is 15.5. The Labute approximate surface area is 99.3 Å². The van der Waals surface area contributed by atoms with Gasteiger partial charge in [0, 0.05) is 7.11 Å². The van der Waals surface area contributed by atoms with Gasteiger partial charge in [-0.05, 0) is 19.3 Å². The van der Waals surface area contributed by atoms with Crippen LogP contribution in [0.4, 0.5) is 5.95 Å². The number of nitrogens with two attached hydrogens (primary N) is 1. The summed E-state index contributed by atoms with van der Waals surface area (Å²) in [5.41, 5.74) is 5.37. The average molecular weight is 239 g/mol. The number of nitrogens with zero attached hydrogens (tertiary/aromatic N) is 3. The van der Waals surface area contributed by atoms with Crippen LogP contribution >= 0.6 is 0 Å². The molecule has 3 N–H and O–H groups in total. The lowest BCUT2D eigenvalue weighted by atomic mass is 10.2. The molecule has 1 aromatic rings. The third-order valence-corrected chi connectivity index (χ3v) is 2.96. The molecule has 2 atom stereocenters. The zero-order valence-corrected chi connectivity index (χ0v) is 9.80. The Morgan fingerprint density at radius 2 is 2.53 bits per heavy atom. The summed E-state index contributed by atoms with van der Waals surface area (Å²) < 4.78 is 6.73. The molecule has 0 spiro atoms. The second-order valence-electron chi connectivity index (χ2n) is 4.18. The fraction of sp³-hybridized carbons (Fsp3) is 0.700. The second kappa shape index (κ2) is 5.13. The van der Waals surface area contributed by atoms with Crippen LogP contribution in [-0.4, -0.2) is 39.9 Å². The van der Waals surface area contributed by atoms with E-state index in [4.69, 9.17) is 10.5 Å². The highest BCUT2D eigenvalue weighted by Gasteiger charge is 2.28. The Morgan fingerprint density at radius 3 is 3.18 bits per heavy atom. The van der Waals surface area contributed by atoms with E-state index in [0.29, 0.717) is 0 Å². The molecule has 7 nitrogen and oxygen atoms in total. The lowest BCUT2D eigenvalue weighted by Crippen LogP contribution is -2.42. The van der Waals surface area contributed by atoms with Gasteiger partial charge >= 0.3 is 0 Å². The molecule has 1 aliphatic carbocycles. The zero-order valence-electron chi connectivity index (χ0n) is 9.80. The molecule has 1 amide bonds. The van der Waals surface area contributed by atoms with E-state index in [9.17, 15) is 4.79 Å². The summed E-state index contributed by atoms with van der Waals surface area (Å²) >= 11 is 0. The maximum Gasteiger partial charge on any atom is 0.242 e. The van der Waals surface area contributed by atoms with E-state index in [1.807, 2.05) is 0 Å². The van der Waals surface area contributed by atoms with Crippen molar-refractivity contribution in [3.63, 3.8) is 0 Å². The molecule has 2 unspecified atom stereocenters. The van der Waals surface area contributed by atoms with Crippen LogP contribution in [0.3, 0.4) is 0 Å². The summed E-state index contributed by atoms with van der Waals surface area (Å²) in [5.74, 6) is 0.0808. The summed E-state index contributed by atoms with van der Waals surface area (Å²) in [6.45, 7) is 0.136. The van der Waals surface area contributed by atoms with Gasteiger partial charge in [0.1, 0.15) is 12.9 Å². The molecule has 1 aliphatic rings. The lowest BCUT2D eigenvalue weighted by Gasteiger charge is -2.19.